The number of pyridine rings is 1. The number of hydrogen-bond donors (Lipinski definition) is 0. The summed E-state index contributed by atoms with van der Waals surface area (Å²) in [6, 6.07) is 9.68. The number of benzene rings is 1. The van der Waals surface area contributed by atoms with Crippen molar-refractivity contribution >= 4 is 18.1 Å². The average molecular weight is 337 g/mol. The molecule has 1 aromatic heterocycles. The minimum atomic E-state index is -5.07. The Morgan fingerprint density at radius 1 is 1.17 bits per heavy atom. The van der Waals surface area contributed by atoms with Crippen LogP contribution in [0.2, 0.25) is 0 Å². The van der Waals surface area contributed by atoms with Crippen molar-refractivity contribution in [2.24, 2.45) is 0 Å². The van der Waals surface area contributed by atoms with Crippen molar-refractivity contribution in [2.45, 2.75) is 13.1 Å². The highest BCUT2D eigenvalue weighted by Crippen LogP contribution is 2.31. The Kier molecular flexibility index (Phi) is 5.57. The number of esters is 1. The van der Waals surface area contributed by atoms with Gasteiger partial charge in [0, 0.05) is 6.20 Å². The number of aromatic nitrogens is 1. The SMILES string of the molecule is CCOc1cc(/C=C/c2ccccn2)ccc1OC(=O)C(F)(F)F. The van der Waals surface area contributed by atoms with E-state index in [1.165, 1.54) is 18.2 Å². The number of hydrogen-bond acceptors (Lipinski definition) is 4. The molecule has 0 aliphatic carbocycles. The van der Waals surface area contributed by atoms with E-state index in [1.807, 2.05) is 6.07 Å². The second-order valence-electron chi connectivity index (χ2n) is 4.61. The van der Waals surface area contributed by atoms with E-state index in [2.05, 4.69) is 9.72 Å². The monoisotopic (exact) mass is 337 g/mol. The Hall–Kier alpha value is -2.83. The fraction of sp³-hybridized carbons (Fsp3) is 0.176. The van der Waals surface area contributed by atoms with Crippen LogP contribution in [0.25, 0.3) is 12.2 Å². The molecule has 0 bridgehead atoms. The summed E-state index contributed by atoms with van der Waals surface area (Å²) >= 11 is 0. The fourth-order valence-electron chi connectivity index (χ4n) is 1.79. The first kappa shape index (κ1) is 17.5. The predicted molar refractivity (Wildman–Crippen MR) is 82.5 cm³/mol. The lowest BCUT2D eigenvalue weighted by molar-refractivity contribution is -0.189. The van der Waals surface area contributed by atoms with Crippen molar-refractivity contribution in [3.63, 3.8) is 0 Å². The Labute approximate surface area is 136 Å². The standard InChI is InChI=1S/C17H14F3NO3/c1-2-23-15-11-12(6-8-13-5-3-4-10-21-13)7-9-14(15)24-16(22)17(18,19)20/h3-11H,2H2,1H3/b8-6+. The van der Waals surface area contributed by atoms with Gasteiger partial charge in [-0.3, -0.25) is 4.98 Å². The summed E-state index contributed by atoms with van der Waals surface area (Å²) in [5.41, 5.74) is 1.39. The zero-order chi connectivity index (χ0) is 17.6. The summed E-state index contributed by atoms with van der Waals surface area (Å²) < 4.78 is 46.5. The van der Waals surface area contributed by atoms with Gasteiger partial charge < -0.3 is 9.47 Å². The van der Waals surface area contributed by atoms with Gasteiger partial charge in [0.05, 0.1) is 12.3 Å². The smallest absolute Gasteiger partial charge is 0.490 e. The zero-order valence-corrected chi connectivity index (χ0v) is 12.7. The first-order chi connectivity index (χ1) is 11.4. The van der Waals surface area contributed by atoms with Crippen LogP contribution in [0.3, 0.4) is 0 Å². The predicted octanol–water partition coefficient (Wildman–Crippen LogP) is 4.12. The molecule has 0 saturated heterocycles. The number of halogens is 3. The van der Waals surface area contributed by atoms with Gasteiger partial charge in [0.1, 0.15) is 0 Å². The van der Waals surface area contributed by atoms with Crippen molar-refractivity contribution in [2.75, 3.05) is 6.61 Å². The van der Waals surface area contributed by atoms with Gasteiger partial charge in [0.15, 0.2) is 11.5 Å². The van der Waals surface area contributed by atoms with Gasteiger partial charge in [-0.25, -0.2) is 4.79 Å². The van der Waals surface area contributed by atoms with Crippen LogP contribution in [0.15, 0.2) is 42.6 Å². The van der Waals surface area contributed by atoms with Gasteiger partial charge in [0.25, 0.3) is 0 Å². The molecule has 1 heterocycles. The van der Waals surface area contributed by atoms with Crippen LogP contribution in [0.5, 0.6) is 11.5 Å². The van der Waals surface area contributed by atoms with Crippen molar-refractivity contribution in [3.8, 4) is 11.5 Å². The molecule has 0 aliphatic rings. The van der Waals surface area contributed by atoms with Crippen molar-refractivity contribution in [1.29, 1.82) is 0 Å². The summed E-state index contributed by atoms with van der Waals surface area (Å²) in [4.78, 5) is 15.1. The lowest BCUT2D eigenvalue weighted by Gasteiger charge is -2.12. The summed E-state index contributed by atoms with van der Waals surface area (Å²) in [5, 5.41) is 0. The number of nitrogens with zero attached hydrogens (tertiary/aromatic N) is 1. The number of alkyl halides is 3. The second-order valence-corrected chi connectivity index (χ2v) is 4.61. The van der Waals surface area contributed by atoms with Crippen molar-refractivity contribution in [3.05, 3.63) is 53.9 Å². The first-order valence-corrected chi connectivity index (χ1v) is 7.05. The van der Waals surface area contributed by atoms with E-state index in [4.69, 9.17) is 4.74 Å². The van der Waals surface area contributed by atoms with E-state index < -0.39 is 12.1 Å². The molecule has 24 heavy (non-hydrogen) atoms. The molecule has 2 aromatic rings. The molecule has 0 spiro atoms. The van der Waals surface area contributed by atoms with Crippen LogP contribution in [-0.2, 0) is 4.79 Å². The molecule has 0 unspecified atom stereocenters. The van der Waals surface area contributed by atoms with Gasteiger partial charge in [-0.2, -0.15) is 13.2 Å². The normalized spacial score (nSPS) is 11.5. The molecule has 0 radical (unpaired) electrons. The quantitative estimate of drug-likeness (QED) is 0.608. The molecular formula is C17H14F3NO3. The lowest BCUT2D eigenvalue weighted by atomic mass is 10.1. The van der Waals surface area contributed by atoms with Gasteiger partial charge in [-0.05, 0) is 42.8 Å². The Morgan fingerprint density at radius 3 is 2.58 bits per heavy atom. The minimum absolute atomic E-state index is 0.0540. The third-order valence-electron chi connectivity index (χ3n) is 2.84. The highest BCUT2D eigenvalue weighted by molar-refractivity contribution is 5.79. The molecule has 0 saturated carbocycles. The molecule has 0 atom stereocenters. The molecule has 1 aromatic carbocycles. The topological polar surface area (TPSA) is 48.4 Å². The van der Waals surface area contributed by atoms with Crippen molar-refractivity contribution < 1.29 is 27.4 Å². The molecule has 126 valence electrons. The van der Waals surface area contributed by atoms with E-state index in [1.54, 1.807) is 37.4 Å². The van der Waals surface area contributed by atoms with Crippen LogP contribution in [0, 0.1) is 0 Å². The molecule has 0 amide bonds. The second kappa shape index (κ2) is 7.63. The summed E-state index contributed by atoms with van der Waals surface area (Å²) in [5.74, 6) is -2.52. The molecule has 0 aliphatic heterocycles. The third-order valence-corrected chi connectivity index (χ3v) is 2.84. The van der Waals surface area contributed by atoms with Gasteiger partial charge in [-0.1, -0.05) is 18.2 Å². The fourth-order valence-corrected chi connectivity index (χ4v) is 1.79. The van der Waals surface area contributed by atoms with Gasteiger partial charge >= 0.3 is 12.1 Å². The lowest BCUT2D eigenvalue weighted by Crippen LogP contribution is -2.28. The van der Waals surface area contributed by atoms with Crippen LogP contribution < -0.4 is 9.47 Å². The maximum atomic E-state index is 12.3. The highest BCUT2D eigenvalue weighted by atomic mass is 19.4. The molecule has 0 N–H and O–H groups in total. The number of carbonyl (C=O) groups is 1. The van der Waals surface area contributed by atoms with Gasteiger partial charge in [-0.15, -0.1) is 0 Å². The minimum Gasteiger partial charge on any atom is -0.490 e. The highest BCUT2D eigenvalue weighted by Gasteiger charge is 2.41. The van der Waals surface area contributed by atoms with Crippen LogP contribution in [-0.4, -0.2) is 23.7 Å². The molecule has 4 nitrogen and oxygen atoms in total. The molecule has 7 heteroatoms. The third kappa shape index (κ3) is 4.84. The number of rotatable bonds is 5. The van der Waals surface area contributed by atoms with E-state index in [0.717, 1.165) is 5.69 Å². The molecule has 0 fully saturated rings. The maximum absolute atomic E-state index is 12.3. The van der Waals surface area contributed by atoms with Crippen LogP contribution in [0.4, 0.5) is 13.2 Å². The summed E-state index contributed by atoms with van der Waals surface area (Å²) in [6.07, 6.45) is 0.0404. The van der Waals surface area contributed by atoms with E-state index >= 15 is 0 Å². The summed E-state index contributed by atoms with van der Waals surface area (Å²) in [7, 11) is 0. The summed E-state index contributed by atoms with van der Waals surface area (Å²) in [6.45, 7) is 1.88. The van der Waals surface area contributed by atoms with E-state index in [0.29, 0.717) is 5.56 Å². The van der Waals surface area contributed by atoms with E-state index in [9.17, 15) is 18.0 Å². The average Bonchev–Trinajstić information content (AvgIpc) is 2.55. The molecular weight excluding hydrogens is 323 g/mol. The Morgan fingerprint density at radius 2 is 1.96 bits per heavy atom. The first-order valence-electron chi connectivity index (χ1n) is 7.05. The van der Waals surface area contributed by atoms with Gasteiger partial charge in [0.2, 0.25) is 0 Å². The number of carbonyl (C=O) groups excluding carboxylic acids is 1. The largest absolute Gasteiger partial charge is 0.491 e. The number of ether oxygens (including phenoxy) is 2. The van der Waals surface area contributed by atoms with Crippen molar-refractivity contribution in [1.82, 2.24) is 4.98 Å². The maximum Gasteiger partial charge on any atom is 0.491 e. The Bertz CT molecular complexity index is 728. The van der Waals surface area contributed by atoms with E-state index in [-0.39, 0.29) is 18.1 Å². The Balaban J connectivity index is 2.23. The van der Waals surface area contributed by atoms with Crippen LogP contribution in [0.1, 0.15) is 18.2 Å². The molecule has 2 rings (SSSR count). The zero-order valence-electron chi connectivity index (χ0n) is 12.7. The van der Waals surface area contributed by atoms with Crippen LogP contribution >= 0.6 is 0 Å².